The van der Waals surface area contributed by atoms with Gasteiger partial charge in [0.1, 0.15) is 6.10 Å². The molecule has 0 spiro atoms. The summed E-state index contributed by atoms with van der Waals surface area (Å²) in [5.74, 6) is 0. The van der Waals surface area contributed by atoms with Crippen molar-refractivity contribution in [2.45, 2.75) is 12.6 Å². The van der Waals surface area contributed by atoms with Crippen molar-refractivity contribution in [2.24, 2.45) is 0 Å². The summed E-state index contributed by atoms with van der Waals surface area (Å²) in [7, 11) is 1.89. The van der Waals surface area contributed by atoms with Crippen molar-refractivity contribution in [1.29, 1.82) is 0 Å². The average Bonchev–Trinajstić information content (AvgIpc) is 2.40. The molecule has 1 atom stereocenters. The summed E-state index contributed by atoms with van der Waals surface area (Å²) in [6.07, 6.45) is -0.691. The van der Waals surface area contributed by atoms with Gasteiger partial charge in [-0.3, -0.25) is 0 Å². The van der Waals surface area contributed by atoms with Crippen molar-refractivity contribution < 1.29 is 5.11 Å². The number of aliphatic hydroxyl groups is 1. The van der Waals surface area contributed by atoms with Crippen LogP contribution in [0.4, 0.5) is 0 Å². The summed E-state index contributed by atoms with van der Waals surface area (Å²) in [6.45, 7) is 0.720. The second-order valence-electron chi connectivity index (χ2n) is 4.15. The Morgan fingerprint density at radius 2 is 1.67 bits per heavy atom. The molecule has 0 aromatic heterocycles. The first kappa shape index (κ1) is 13.1. The third-order valence-corrected chi connectivity index (χ3v) is 3.26. The average molecular weight is 262 g/mol. The maximum atomic E-state index is 10.5. The lowest BCUT2D eigenvalue weighted by molar-refractivity contribution is 0.219. The van der Waals surface area contributed by atoms with E-state index in [4.69, 9.17) is 11.6 Å². The van der Waals surface area contributed by atoms with E-state index in [9.17, 15) is 5.11 Å². The fourth-order valence-corrected chi connectivity index (χ4v) is 2.26. The topological polar surface area (TPSA) is 32.3 Å². The molecule has 0 amide bonds. The molecule has 2 aromatic rings. The third kappa shape index (κ3) is 2.72. The maximum absolute atomic E-state index is 10.5. The Labute approximate surface area is 112 Å². The van der Waals surface area contributed by atoms with Crippen molar-refractivity contribution in [1.82, 2.24) is 5.32 Å². The lowest BCUT2D eigenvalue weighted by atomic mass is 9.97. The molecule has 0 bridgehead atoms. The molecule has 94 valence electrons. The zero-order chi connectivity index (χ0) is 13.0. The van der Waals surface area contributed by atoms with Gasteiger partial charge in [-0.05, 0) is 24.2 Å². The Hall–Kier alpha value is -1.35. The van der Waals surface area contributed by atoms with E-state index >= 15 is 0 Å². The van der Waals surface area contributed by atoms with Crippen LogP contribution < -0.4 is 5.32 Å². The predicted octanol–water partition coefficient (Wildman–Crippen LogP) is 3.14. The predicted molar refractivity (Wildman–Crippen MR) is 74.7 cm³/mol. The molecule has 0 radical (unpaired) electrons. The minimum atomic E-state index is -0.691. The minimum absolute atomic E-state index is 0.587. The summed E-state index contributed by atoms with van der Waals surface area (Å²) in [6, 6.07) is 15.2. The van der Waals surface area contributed by atoms with Crippen LogP contribution >= 0.6 is 11.6 Å². The van der Waals surface area contributed by atoms with Gasteiger partial charge in [-0.15, -0.1) is 0 Å². The smallest absolute Gasteiger partial charge is 0.106 e. The molecule has 0 saturated carbocycles. The molecule has 3 heteroatoms. The molecule has 0 saturated heterocycles. The van der Waals surface area contributed by atoms with Crippen LogP contribution in [-0.4, -0.2) is 12.2 Å². The quantitative estimate of drug-likeness (QED) is 0.886. The van der Waals surface area contributed by atoms with Gasteiger partial charge in [0.05, 0.1) is 0 Å². The van der Waals surface area contributed by atoms with Gasteiger partial charge < -0.3 is 10.4 Å². The third-order valence-electron chi connectivity index (χ3n) is 2.92. The molecule has 2 aromatic carbocycles. The van der Waals surface area contributed by atoms with Gasteiger partial charge in [0.15, 0.2) is 0 Å². The number of halogens is 1. The van der Waals surface area contributed by atoms with Crippen molar-refractivity contribution >= 4 is 11.6 Å². The second-order valence-corrected chi connectivity index (χ2v) is 4.56. The van der Waals surface area contributed by atoms with Gasteiger partial charge >= 0.3 is 0 Å². The van der Waals surface area contributed by atoms with Gasteiger partial charge in [0, 0.05) is 17.1 Å². The largest absolute Gasteiger partial charge is 0.384 e. The van der Waals surface area contributed by atoms with Gasteiger partial charge in [-0.1, -0.05) is 54.1 Å². The molecule has 0 aliphatic carbocycles. The molecular weight excluding hydrogens is 246 g/mol. The summed E-state index contributed by atoms with van der Waals surface area (Å²) in [5, 5.41) is 14.2. The molecule has 0 aliphatic heterocycles. The molecule has 18 heavy (non-hydrogen) atoms. The SMILES string of the molecule is CNCc1ccccc1C(O)c1ccccc1Cl. The van der Waals surface area contributed by atoms with Crippen LogP contribution in [-0.2, 0) is 6.54 Å². The highest BCUT2D eigenvalue weighted by atomic mass is 35.5. The monoisotopic (exact) mass is 261 g/mol. The van der Waals surface area contributed by atoms with Crippen LogP contribution in [0.15, 0.2) is 48.5 Å². The molecule has 2 nitrogen and oxygen atoms in total. The van der Waals surface area contributed by atoms with Crippen LogP contribution in [0.25, 0.3) is 0 Å². The van der Waals surface area contributed by atoms with E-state index in [2.05, 4.69) is 5.32 Å². The number of nitrogens with one attached hydrogen (secondary N) is 1. The van der Waals surface area contributed by atoms with Crippen LogP contribution in [0.5, 0.6) is 0 Å². The number of benzene rings is 2. The van der Waals surface area contributed by atoms with E-state index in [0.717, 1.165) is 23.2 Å². The van der Waals surface area contributed by atoms with Gasteiger partial charge in [-0.2, -0.15) is 0 Å². The molecular formula is C15H16ClNO. The van der Waals surface area contributed by atoms with E-state index in [0.29, 0.717) is 5.02 Å². The Morgan fingerprint density at radius 3 is 2.33 bits per heavy atom. The zero-order valence-electron chi connectivity index (χ0n) is 10.2. The highest BCUT2D eigenvalue weighted by molar-refractivity contribution is 6.31. The minimum Gasteiger partial charge on any atom is -0.384 e. The lowest BCUT2D eigenvalue weighted by Gasteiger charge is -2.17. The van der Waals surface area contributed by atoms with E-state index < -0.39 is 6.10 Å². The molecule has 2 rings (SSSR count). The first-order chi connectivity index (χ1) is 8.74. The number of hydrogen-bond acceptors (Lipinski definition) is 2. The number of hydrogen-bond donors (Lipinski definition) is 2. The Bertz CT molecular complexity index is 527. The summed E-state index contributed by atoms with van der Waals surface area (Å²) >= 11 is 6.12. The first-order valence-corrected chi connectivity index (χ1v) is 6.26. The lowest BCUT2D eigenvalue weighted by Crippen LogP contribution is -2.11. The van der Waals surface area contributed by atoms with Crippen LogP contribution in [0, 0.1) is 0 Å². The standard InChI is InChI=1S/C15H16ClNO/c1-17-10-11-6-2-3-7-12(11)15(18)13-8-4-5-9-14(13)16/h2-9,15,17-18H,10H2,1H3. The Morgan fingerprint density at radius 1 is 1.06 bits per heavy atom. The molecule has 0 heterocycles. The maximum Gasteiger partial charge on any atom is 0.106 e. The van der Waals surface area contributed by atoms with Crippen LogP contribution in [0.3, 0.4) is 0 Å². The summed E-state index contributed by atoms with van der Waals surface area (Å²) in [5.41, 5.74) is 2.70. The summed E-state index contributed by atoms with van der Waals surface area (Å²) < 4.78 is 0. The van der Waals surface area contributed by atoms with E-state index in [1.165, 1.54) is 0 Å². The normalized spacial score (nSPS) is 12.4. The highest BCUT2D eigenvalue weighted by Crippen LogP contribution is 2.29. The fourth-order valence-electron chi connectivity index (χ4n) is 2.02. The van der Waals surface area contributed by atoms with Crippen LogP contribution in [0.2, 0.25) is 5.02 Å². The van der Waals surface area contributed by atoms with E-state index in [1.807, 2.05) is 49.5 Å². The van der Waals surface area contributed by atoms with Gasteiger partial charge in [0.2, 0.25) is 0 Å². The number of aliphatic hydroxyl groups excluding tert-OH is 1. The number of rotatable bonds is 4. The second kappa shape index (κ2) is 6.01. The van der Waals surface area contributed by atoms with E-state index in [1.54, 1.807) is 6.07 Å². The van der Waals surface area contributed by atoms with Gasteiger partial charge in [-0.25, -0.2) is 0 Å². The van der Waals surface area contributed by atoms with Crippen LogP contribution in [0.1, 0.15) is 22.8 Å². The van der Waals surface area contributed by atoms with Crippen molar-refractivity contribution in [2.75, 3.05) is 7.05 Å². The van der Waals surface area contributed by atoms with Gasteiger partial charge in [0.25, 0.3) is 0 Å². The Balaban J connectivity index is 2.40. The van der Waals surface area contributed by atoms with Crippen molar-refractivity contribution in [3.8, 4) is 0 Å². The zero-order valence-corrected chi connectivity index (χ0v) is 11.0. The van der Waals surface area contributed by atoms with Crippen molar-refractivity contribution in [3.05, 3.63) is 70.2 Å². The molecule has 0 aliphatic rings. The Kier molecular flexibility index (Phi) is 4.37. The fraction of sp³-hybridized carbons (Fsp3) is 0.200. The molecule has 2 N–H and O–H groups in total. The van der Waals surface area contributed by atoms with E-state index in [-0.39, 0.29) is 0 Å². The molecule has 1 unspecified atom stereocenters. The first-order valence-electron chi connectivity index (χ1n) is 5.89. The highest BCUT2D eigenvalue weighted by Gasteiger charge is 2.16. The summed E-state index contributed by atoms with van der Waals surface area (Å²) in [4.78, 5) is 0. The van der Waals surface area contributed by atoms with Crippen molar-refractivity contribution in [3.63, 3.8) is 0 Å². The molecule has 0 fully saturated rings.